The zero-order valence-corrected chi connectivity index (χ0v) is 37.4. The van der Waals surface area contributed by atoms with Crippen LogP contribution in [-0.2, 0) is 17.9 Å². The number of carbonyl (C=O) groups excluding carboxylic acids is 1. The number of carbonyl (C=O) groups is 1. The van der Waals surface area contributed by atoms with Crippen LogP contribution < -0.4 is 21.9 Å². The van der Waals surface area contributed by atoms with Crippen LogP contribution in [0.2, 0.25) is 0 Å². The van der Waals surface area contributed by atoms with Crippen LogP contribution >= 0.6 is 34.8 Å². The average Bonchev–Trinajstić information content (AvgIpc) is 3.36. The minimum absolute atomic E-state index is 0.131. The normalized spacial score (nSPS) is 12.0. The van der Waals surface area contributed by atoms with E-state index in [4.69, 9.17) is 34.8 Å². The first-order chi connectivity index (χ1) is 33.5. The third-order valence-electron chi connectivity index (χ3n) is 10.8. The molecule has 72 heavy (non-hydrogen) atoms. The van der Waals surface area contributed by atoms with Gasteiger partial charge in [-0.1, -0.05) is 99.7 Å². The van der Waals surface area contributed by atoms with E-state index in [0.29, 0.717) is 20.9 Å². The Bertz CT molecular complexity index is 2940. The number of benzene rings is 7. The Morgan fingerprint density at radius 2 is 0.583 bits per heavy atom. The van der Waals surface area contributed by atoms with Gasteiger partial charge in [-0.25, -0.2) is 87.8 Å². The quantitative estimate of drug-likeness (QED) is 0.0275. The first-order valence-electron chi connectivity index (χ1n) is 19.1. The zero-order chi connectivity index (χ0) is 53.8. The van der Waals surface area contributed by atoms with Gasteiger partial charge in [0.15, 0.2) is 95.3 Å². The summed E-state index contributed by atoms with van der Waals surface area (Å²) in [5.41, 5.74) is -13.4. The van der Waals surface area contributed by atoms with Crippen molar-refractivity contribution in [2.24, 2.45) is 0 Å². The standard InChI is InChI=1S/C24BF20.C21H16Cl3O2S/c26-5-1(6(27)14(35)21(42)13(5)34)25(2-7(28)15(36)22(43)16(37)8(2)29,3-9(30)17(38)23(44)18(39)10(3)31)4-11(32)19(40)24(45)20(41)12(4)33;22-21(23,24)17-13-11-16(12-14-17)20(25)15-27(26,18-7-3-1-4-8-18)19-9-5-2-6-10-19/h;1-14H,15H2/q-1;+1. The highest BCUT2D eigenvalue weighted by molar-refractivity contribution is 8.03. The van der Waals surface area contributed by atoms with Gasteiger partial charge in [0.2, 0.25) is 9.58 Å². The molecular weight excluding hydrogens is 1100 g/mol. The van der Waals surface area contributed by atoms with Crippen molar-refractivity contribution in [3.8, 4) is 0 Å². The predicted octanol–water partition coefficient (Wildman–Crippen LogP) is 12.2. The number of halogens is 23. The monoisotopic (exact) mass is 1120 g/mol. The Hall–Kier alpha value is -6.11. The molecule has 7 aromatic rings. The topological polar surface area (TPSA) is 34.1 Å². The minimum atomic E-state index is -7.22. The van der Waals surface area contributed by atoms with Gasteiger partial charge in [-0.2, -0.15) is 0 Å². The lowest BCUT2D eigenvalue weighted by Crippen LogP contribution is -2.81. The van der Waals surface area contributed by atoms with Crippen molar-refractivity contribution in [1.82, 2.24) is 0 Å². The Morgan fingerprint density at radius 3 is 0.806 bits per heavy atom. The minimum Gasteiger partial charge on any atom is -0.289 e. The molecule has 27 heteroatoms. The van der Waals surface area contributed by atoms with Gasteiger partial charge in [0.25, 0.3) is 0 Å². The molecule has 0 aliphatic heterocycles. The predicted molar refractivity (Wildman–Crippen MR) is 222 cm³/mol. The van der Waals surface area contributed by atoms with Crippen molar-refractivity contribution in [3.63, 3.8) is 0 Å². The van der Waals surface area contributed by atoms with Crippen LogP contribution in [0, 0.1) is 116 Å². The van der Waals surface area contributed by atoms with Crippen molar-refractivity contribution in [2.45, 2.75) is 13.6 Å². The molecule has 0 aromatic heterocycles. The molecule has 0 saturated carbocycles. The number of Topliss-reactive ketones (excluding diaryl/α,β-unsaturated/α-hetero) is 1. The summed E-state index contributed by atoms with van der Waals surface area (Å²) in [5, 5.41) is 0. The van der Waals surface area contributed by atoms with E-state index in [0.717, 1.165) is 0 Å². The zero-order valence-electron chi connectivity index (χ0n) is 34.3. The molecule has 0 fully saturated rings. The van der Waals surface area contributed by atoms with Gasteiger partial charge in [0.1, 0.15) is 52.7 Å². The second-order valence-electron chi connectivity index (χ2n) is 14.7. The summed E-state index contributed by atoms with van der Waals surface area (Å²) < 4.78 is 306. The van der Waals surface area contributed by atoms with Gasteiger partial charge in [-0.05, 0) is 24.3 Å². The van der Waals surface area contributed by atoms with E-state index < -0.39 is 158 Å². The summed E-state index contributed by atoms with van der Waals surface area (Å²) >= 11 is 17.6. The molecule has 0 amide bonds. The molecule has 2 nitrogen and oxygen atoms in total. The van der Waals surface area contributed by atoms with Gasteiger partial charge in [0, 0.05) is 11.1 Å². The Labute approximate surface area is 405 Å². The molecule has 0 saturated heterocycles. The van der Waals surface area contributed by atoms with Crippen LogP contribution in [0.5, 0.6) is 0 Å². The van der Waals surface area contributed by atoms with Crippen LogP contribution in [0.25, 0.3) is 0 Å². The molecule has 378 valence electrons. The Kier molecular flexibility index (Phi) is 15.7. The van der Waals surface area contributed by atoms with Crippen LogP contribution in [0.15, 0.2) is 94.7 Å². The van der Waals surface area contributed by atoms with E-state index >= 15 is 35.1 Å². The van der Waals surface area contributed by atoms with Crippen molar-refractivity contribution in [3.05, 3.63) is 212 Å². The summed E-state index contributed by atoms with van der Waals surface area (Å²) in [5.74, 6) is -71.8. The molecule has 0 unspecified atom stereocenters. The van der Waals surface area contributed by atoms with Gasteiger partial charge in [-0.15, -0.1) is 21.9 Å². The van der Waals surface area contributed by atoms with E-state index in [9.17, 15) is 61.7 Å². The van der Waals surface area contributed by atoms with Crippen molar-refractivity contribution in [2.75, 3.05) is 5.75 Å². The fourth-order valence-corrected chi connectivity index (χ4v) is 10.3. The fraction of sp³-hybridized carbons (Fsp3) is 0.0444. The fourth-order valence-electron chi connectivity index (χ4n) is 7.57. The molecule has 0 N–H and O–H groups in total. The molecule has 0 radical (unpaired) electrons. The van der Waals surface area contributed by atoms with E-state index in [1.54, 1.807) is 48.5 Å². The SMILES string of the molecule is Fc1c(F)c(F)c([B-](c2c(F)c(F)c(F)c(F)c2F)(c2c(F)c(F)c(F)c(F)c2F)c2c(F)c(F)c(F)c(F)c2F)c(F)c1F.O=C(C[S+](=O)(c1ccccc1)c1ccccc1)c1ccc(C(Cl)(Cl)Cl)cc1. The van der Waals surface area contributed by atoms with E-state index in [1.165, 1.54) is 0 Å². The molecule has 0 heterocycles. The number of rotatable bonds is 9. The molecule has 7 aromatic carbocycles. The molecule has 0 aliphatic carbocycles. The lowest BCUT2D eigenvalue weighted by Gasteiger charge is -2.44. The number of ketones is 1. The lowest BCUT2D eigenvalue weighted by molar-refractivity contribution is 0.102. The molecule has 0 bridgehead atoms. The smallest absolute Gasteiger partial charge is 0.216 e. The molecule has 0 spiro atoms. The lowest BCUT2D eigenvalue weighted by atomic mass is 9.12. The molecular formula is C45H16BCl3F20O2S. The van der Waals surface area contributed by atoms with E-state index in [2.05, 4.69) is 0 Å². The van der Waals surface area contributed by atoms with Gasteiger partial charge in [0.05, 0.1) is 0 Å². The highest BCUT2D eigenvalue weighted by Gasteiger charge is 2.52. The average molecular weight is 1120 g/mol. The van der Waals surface area contributed by atoms with Crippen LogP contribution in [-0.4, -0.2) is 17.7 Å². The maximum absolute atomic E-state index is 15.4. The third-order valence-corrected chi connectivity index (χ3v) is 14.2. The Balaban J connectivity index is 0.000000266. The highest BCUT2D eigenvalue weighted by atomic mass is 35.6. The van der Waals surface area contributed by atoms with E-state index in [1.807, 2.05) is 36.4 Å². The number of hydrogen-bond acceptors (Lipinski definition) is 2. The second-order valence-corrected chi connectivity index (χ2v) is 19.6. The first kappa shape index (κ1) is 55.2. The van der Waals surface area contributed by atoms with Crippen molar-refractivity contribution < 1.29 is 96.8 Å². The second kappa shape index (κ2) is 20.4. The van der Waals surface area contributed by atoms with Crippen LogP contribution in [0.4, 0.5) is 87.8 Å². The summed E-state index contributed by atoms with van der Waals surface area (Å²) in [6, 6.07) is 24.5. The maximum Gasteiger partial charge on any atom is 0.216 e. The summed E-state index contributed by atoms with van der Waals surface area (Å²) in [7, 11) is -2.76. The molecule has 7 rings (SSSR count). The first-order valence-corrected chi connectivity index (χ1v) is 21.9. The third kappa shape index (κ3) is 9.07. The van der Waals surface area contributed by atoms with Gasteiger partial charge >= 0.3 is 0 Å². The maximum atomic E-state index is 15.4. The van der Waals surface area contributed by atoms with Gasteiger partial charge < -0.3 is 0 Å². The molecule has 0 atom stereocenters. The van der Waals surface area contributed by atoms with Crippen molar-refractivity contribution >= 4 is 78.5 Å². The number of hydrogen-bond donors (Lipinski definition) is 0. The Morgan fingerprint density at radius 1 is 0.361 bits per heavy atom. The summed E-state index contributed by atoms with van der Waals surface area (Å²) in [6.45, 7) is 0. The summed E-state index contributed by atoms with van der Waals surface area (Å²) in [4.78, 5) is 14.1. The van der Waals surface area contributed by atoms with Crippen LogP contribution in [0.3, 0.4) is 0 Å². The van der Waals surface area contributed by atoms with Crippen molar-refractivity contribution in [1.29, 1.82) is 0 Å². The van der Waals surface area contributed by atoms with Gasteiger partial charge in [-0.3, -0.25) is 4.79 Å². The van der Waals surface area contributed by atoms with E-state index in [-0.39, 0.29) is 11.5 Å². The molecule has 0 aliphatic rings. The highest BCUT2D eigenvalue weighted by Crippen LogP contribution is 2.39. The number of alkyl halides is 3. The largest absolute Gasteiger partial charge is 0.289 e. The van der Waals surface area contributed by atoms with Crippen LogP contribution in [0.1, 0.15) is 15.9 Å². The summed E-state index contributed by atoms with van der Waals surface area (Å²) in [6.07, 6.45) is -7.22.